The van der Waals surface area contributed by atoms with Gasteiger partial charge in [-0.05, 0) is 50.3 Å². The molecule has 0 radical (unpaired) electrons. The second kappa shape index (κ2) is 6.32. The maximum absolute atomic E-state index is 13.9. The van der Waals surface area contributed by atoms with E-state index in [1.807, 2.05) is 6.92 Å². The van der Waals surface area contributed by atoms with Crippen LogP contribution in [0.15, 0.2) is 18.2 Å². The molecule has 0 aliphatic carbocycles. The van der Waals surface area contributed by atoms with Crippen LogP contribution in [0.1, 0.15) is 41.6 Å². The fraction of sp³-hybridized carbons (Fsp3) is 0.562. The summed E-state index contributed by atoms with van der Waals surface area (Å²) in [5.74, 6) is -0.618. The van der Waals surface area contributed by atoms with Crippen molar-refractivity contribution < 1.29 is 9.18 Å². The lowest BCUT2D eigenvalue weighted by atomic mass is 9.97. The van der Waals surface area contributed by atoms with Crippen molar-refractivity contribution in [1.29, 1.82) is 0 Å². The first kappa shape index (κ1) is 16.2. The van der Waals surface area contributed by atoms with Crippen LogP contribution in [0.3, 0.4) is 0 Å². The Hall–Kier alpha value is -1.13. The van der Waals surface area contributed by atoms with Crippen molar-refractivity contribution in [3.05, 3.63) is 35.1 Å². The van der Waals surface area contributed by atoms with Gasteiger partial charge >= 0.3 is 0 Å². The van der Waals surface area contributed by atoms with E-state index in [0.29, 0.717) is 12.1 Å². The van der Waals surface area contributed by atoms with Crippen molar-refractivity contribution in [2.75, 3.05) is 7.05 Å². The molecule has 1 amide bonds. The van der Waals surface area contributed by atoms with Crippen molar-refractivity contribution in [3.63, 3.8) is 0 Å². The van der Waals surface area contributed by atoms with Crippen LogP contribution >= 0.6 is 12.4 Å². The van der Waals surface area contributed by atoms with Gasteiger partial charge in [-0.25, -0.2) is 4.39 Å². The Bertz CT molecular complexity index is 525. The normalized spacial score (nSPS) is 27.1. The summed E-state index contributed by atoms with van der Waals surface area (Å²) in [5, 5.41) is 3.56. The highest BCUT2D eigenvalue weighted by Gasteiger charge is 2.36. The van der Waals surface area contributed by atoms with Crippen molar-refractivity contribution in [1.82, 2.24) is 10.2 Å². The molecule has 2 atom stereocenters. The highest BCUT2D eigenvalue weighted by Crippen LogP contribution is 2.30. The maximum Gasteiger partial charge on any atom is 0.256 e. The van der Waals surface area contributed by atoms with Crippen LogP contribution in [0.2, 0.25) is 0 Å². The van der Waals surface area contributed by atoms with Crippen LogP contribution in [0.4, 0.5) is 4.39 Å². The smallest absolute Gasteiger partial charge is 0.256 e. The quantitative estimate of drug-likeness (QED) is 0.910. The van der Waals surface area contributed by atoms with E-state index < -0.39 is 5.82 Å². The highest BCUT2D eigenvalue weighted by molar-refractivity contribution is 5.94. The molecule has 3 nitrogen and oxygen atoms in total. The molecule has 2 aliphatic heterocycles. The molecule has 2 unspecified atom stereocenters. The van der Waals surface area contributed by atoms with E-state index in [1.165, 1.54) is 18.9 Å². The van der Waals surface area contributed by atoms with Crippen molar-refractivity contribution in [2.24, 2.45) is 0 Å². The second-order valence-corrected chi connectivity index (χ2v) is 6.16. The summed E-state index contributed by atoms with van der Waals surface area (Å²) < 4.78 is 13.9. The van der Waals surface area contributed by atoms with E-state index in [-0.39, 0.29) is 29.9 Å². The molecule has 0 aromatic heterocycles. The predicted octanol–water partition coefficient (Wildman–Crippen LogP) is 2.91. The Labute approximate surface area is 131 Å². The van der Waals surface area contributed by atoms with Crippen LogP contribution in [0.25, 0.3) is 0 Å². The third-order valence-corrected chi connectivity index (χ3v) is 4.67. The average molecular weight is 313 g/mol. The zero-order chi connectivity index (χ0) is 14.3. The molecule has 2 saturated heterocycles. The number of aryl methyl sites for hydroxylation is 1. The Balaban J connectivity index is 0.00000161. The molecule has 2 heterocycles. The number of carbonyl (C=O) groups excluding carboxylic acids is 1. The summed E-state index contributed by atoms with van der Waals surface area (Å²) in [6.07, 6.45) is 4.35. The fourth-order valence-corrected chi connectivity index (χ4v) is 3.49. The van der Waals surface area contributed by atoms with Crippen LogP contribution in [0.5, 0.6) is 0 Å². The molecule has 0 spiro atoms. The van der Waals surface area contributed by atoms with Crippen LogP contribution in [-0.2, 0) is 0 Å². The largest absolute Gasteiger partial charge is 0.339 e. The number of nitrogens with zero attached hydrogens (tertiary/aromatic N) is 1. The number of hydrogen-bond donors (Lipinski definition) is 1. The number of amides is 1. The lowest BCUT2D eigenvalue weighted by Gasteiger charge is -2.35. The zero-order valence-corrected chi connectivity index (χ0v) is 13.3. The Morgan fingerprint density at radius 3 is 2.48 bits per heavy atom. The van der Waals surface area contributed by atoms with Crippen LogP contribution in [0, 0.1) is 12.7 Å². The molecule has 2 aliphatic rings. The molecule has 2 fully saturated rings. The number of hydrogen-bond acceptors (Lipinski definition) is 2. The molecule has 116 valence electrons. The highest BCUT2D eigenvalue weighted by atomic mass is 35.5. The standard InChI is InChI=1S/C16H21FN2O.ClH/c1-10-3-6-14(15(17)7-10)16(20)19(2)13-8-11-4-5-12(9-13)18-11;/h3,6-7,11-13,18H,4-5,8-9H2,1-2H3;1H. The third-order valence-electron chi connectivity index (χ3n) is 4.67. The number of rotatable bonds is 2. The van der Waals surface area contributed by atoms with Crippen molar-refractivity contribution >= 4 is 18.3 Å². The molecule has 1 N–H and O–H groups in total. The molecule has 0 saturated carbocycles. The predicted molar refractivity (Wildman–Crippen MR) is 83.4 cm³/mol. The fourth-order valence-electron chi connectivity index (χ4n) is 3.49. The second-order valence-electron chi connectivity index (χ2n) is 6.16. The first-order valence-electron chi connectivity index (χ1n) is 7.34. The van der Waals surface area contributed by atoms with Gasteiger partial charge in [0.2, 0.25) is 0 Å². The number of carbonyl (C=O) groups is 1. The van der Waals surface area contributed by atoms with Crippen molar-refractivity contribution in [3.8, 4) is 0 Å². The Kier molecular flexibility index (Phi) is 4.89. The van der Waals surface area contributed by atoms with Gasteiger partial charge in [0.1, 0.15) is 5.82 Å². The van der Waals surface area contributed by atoms with Gasteiger partial charge in [-0.15, -0.1) is 12.4 Å². The summed E-state index contributed by atoms with van der Waals surface area (Å²) in [7, 11) is 1.80. The molecule has 3 rings (SSSR count). The minimum atomic E-state index is -0.418. The van der Waals surface area contributed by atoms with Crippen molar-refractivity contribution in [2.45, 2.75) is 50.7 Å². The number of fused-ring (bicyclic) bond motifs is 2. The molecule has 5 heteroatoms. The number of benzene rings is 1. The summed E-state index contributed by atoms with van der Waals surface area (Å²) in [6, 6.07) is 6.08. The monoisotopic (exact) mass is 312 g/mol. The topological polar surface area (TPSA) is 32.3 Å². The molecule has 1 aromatic carbocycles. The van der Waals surface area contributed by atoms with Gasteiger partial charge in [0, 0.05) is 25.2 Å². The van der Waals surface area contributed by atoms with E-state index in [1.54, 1.807) is 24.1 Å². The van der Waals surface area contributed by atoms with E-state index >= 15 is 0 Å². The Morgan fingerprint density at radius 2 is 1.90 bits per heavy atom. The molecule has 2 bridgehead atoms. The minimum absolute atomic E-state index is 0. The van der Waals surface area contributed by atoms with E-state index in [4.69, 9.17) is 0 Å². The first-order chi connectivity index (χ1) is 9.54. The molecule has 21 heavy (non-hydrogen) atoms. The number of nitrogens with one attached hydrogen (secondary N) is 1. The van der Waals surface area contributed by atoms with Gasteiger partial charge in [0.25, 0.3) is 5.91 Å². The maximum atomic E-state index is 13.9. The first-order valence-corrected chi connectivity index (χ1v) is 7.34. The van der Waals surface area contributed by atoms with E-state index in [9.17, 15) is 9.18 Å². The summed E-state index contributed by atoms with van der Waals surface area (Å²) in [5.41, 5.74) is 1.02. The number of piperidine rings is 1. The number of halogens is 2. The van der Waals surface area contributed by atoms with Crippen LogP contribution in [-0.4, -0.2) is 36.0 Å². The van der Waals surface area contributed by atoms with E-state index in [2.05, 4.69) is 5.32 Å². The summed E-state index contributed by atoms with van der Waals surface area (Å²) >= 11 is 0. The summed E-state index contributed by atoms with van der Waals surface area (Å²) in [6.45, 7) is 1.82. The van der Waals surface area contributed by atoms with Gasteiger partial charge in [-0.1, -0.05) is 6.07 Å². The van der Waals surface area contributed by atoms with Gasteiger partial charge < -0.3 is 10.2 Å². The summed E-state index contributed by atoms with van der Waals surface area (Å²) in [4.78, 5) is 14.2. The lowest BCUT2D eigenvalue weighted by Crippen LogP contribution is -2.48. The van der Waals surface area contributed by atoms with E-state index in [0.717, 1.165) is 18.4 Å². The van der Waals surface area contributed by atoms with Gasteiger partial charge in [0.15, 0.2) is 0 Å². The minimum Gasteiger partial charge on any atom is -0.339 e. The van der Waals surface area contributed by atoms with Gasteiger partial charge in [-0.3, -0.25) is 4.79 Å². The van der Waals surface area contributed by atoms with Gasteiger partial charge in [0.05, 0.1) is 5.56 Å². The average Bonchev–Trinajstić information content (AvgIpc) is 2.76. The molecule has 1 aromatic rings. The zero-order valence-electron chi connectivity index (χ0n) is 12.4. The molecular weight excluding hydrogens is 291 g/mol. The Morgan fingerprint density at radius 1 is 1.29 bits per heavy atom. The van der Waals surface area contributed by atoms with Crippen LogP contribution < -0.4 is 5.32 Å². The molecular formula is C16H22ClFN2O. The van der Waals surface area contributed by atoms with Gasteiger partial charge in [-0.2, -0.15) is 0 Å². The SMILES string of the molecule is Cc1ccc(C(=O)N(C)C2CC3CCC(C2)N3)c(F)c1.Cl. The third kappa shape index (κ3) is 3.22. The lowest BCUT2D eigenvalue weighted by molar-refractivity contribution is 0.0677.